The first-order chi connectivity index (χ1) is 9.70. The molecule has 0 aromatic heterocycles. The lowest BCUT2D eigenvalue weighted by Crippen LogP contribution is -2.34. The molecule has 2 nitrogen and oxygen atoms in total. The van der Waals surface area contributed by atoms with E-state index in [9.17, 15) is 5.11 Å². The van der Waals surface area contributed by atoms with Crippen LogP contribution in [0.5, 0.6) is 0 Å². The molecule has 1 aromatic rings. The van der Waals surface area contributed by atoms with E-state index in [1.165, 1.54) is 38.8 Å². The molecule has 0 saturated carbocycles. The molecule has 0 radical (unpaired) electrons. The number of aliphatic hydroxyl groups excluding tert-OH is 1. The summed E-state index contributed by atoms with van der Waals surface area (Å²) in [4.78, 5) is 2.51. The summed E-state index contributed by atoms with van der Waals surface area (Å²) >= 11 is 3.51. The molecule has 1 aliphatic heterocycles. The number of aliphatic hydroxyl groups is 1. The van der Waals surface area contributed by atoms with Gasteiger partial charge in [-0.05, 0) is 49.9 Å². The second kappa shape index (κ2) is 8.16. The third-order valence-electron chi connectivity index (χ3n) is 4.39. The highest BCUT2D eigenvalue weighted by Crippen LogP contribution is 2.27. The van der Waals surface area contributed by atoms with Gasteiger partial charge in [0, 0.05) is 11.0 Å². The van der Waals surface area contributed by atoms with E-state index in [1.54, 1.807) is 0 Å². The third-order valence-corrected chi connectivity index (χ3v) is 5.11. The summed E-state index contributed by atoms with van der Waals surface area (Å²) in [6.07, 6.45) is 5.82. The number of hydrogen-bond donors (Lipinski definition) is 1. The smallest absolute Gasteiger partial charge is 0.0813 e. The summed E-state index contributed by atoms with van der Waals surface area (Å²) < 4.78 is 1.01. The highest BCUT2D eigenvalue weighted by molar-refractivity contribution is 9.10. The van der Waals surface area contributed by atoms with Gasteiger partial charge in [-0.25, -0.2) is 0 Å². The predicted molar refractivity (Wildman–Crippen MR) is 87.8 cm³/mol. The van der Waals surface area contributed by atoms with Crippen molar-refractivity contribution in [1.29, 1.82) is 0 Å². The second-order valence-corrected chi connectivity index (χ2v) is 6.75. The van der Waals surface area contributed by atoms with Gasteiger partial charge in [0.05, 0.1) is 6.10 Å². The minimum absolute atomic E-state index is 0.362. The molecular weight excluding hydrogens is 314 g/mol. The zero-order valence-corrected chi connectivity index (χ0v) is 14.0. The van der Waals surface area contributed by atoms with E-state index in [2.05, 4.69) is 27.8 Å². The van der Waals surface area contributed by atoms with Crippen molar-refractivity contribution < 1.29 is 5.11 Å². The number of piperidine rings is 1. The van der Waals surface area contributed by atoms with E-state index in [0.717, 1.165) is 28.9 Å². The molecule has 1 aliphatic rings. The fraction of sp³-hybridized carbons (Fsp3) is 0.647. The molecule has 0 aliphatic carbocycles. The van der Waals surface area contributed by atoms with Crippen LogP contribution in [0.15, 0.2) is 28.7 Å². The summed E-state index contributed by atoms with van der Waals surface area (Å²) in [5, 5.41) is 10.3. The summed E-state index contributed by atoms with van der Waals surface area (Å²) in [7, 11) is 0. The molecule has 1 saturated heterocycles. The highest BCUT2D eigenvalue weighted by atomic mass is 79.9. The van der Waals surface area contributed by atoms with E-state index < -0.39 is 0 Å². The lowest BCUT2D eigenvalue weighted by atomic mass is 9.92. The van der Waals surface area contributed by atoms with E-state index in [4.69, 9.17) is 0 Å². The van der Waals surface area contributed by atoms with E-state index in [0.29, 0.717) is 0 Å². The quantitative estimate of drug-likeness (QED) is 0.830. The molecule has 1 heterocycles. The second-order valence-electron chi connectivity index (χ2n) is 5.90. The van der Waals surface area contributed by atoms with Crippen LogP contribution in [0, 0.1) is 5.92 Å². The number of halogens is 1. The van der Waals surface area contributed by atoms with Crippen molar-refractivity contribution in [2.75, 3.05) is 19.6 Å². The summed E-state index contributed by atoms with van der Waals surface area (Å²) in [5.41, 5.74) is 1.01. The Bertz CT molecular complexity index is 402. The van der Waals surface area contributed by atoms with Crippen LogP contribution in [0.2, 0.25) is 0 Å². The van der Waals surface area contributed by atoms with Crippen LogP contribution in [0.4, 0.5) is 0 Å². The fourth-order valence-corrected chi connectivity index (χ4v) is 3.66. The van der Waals surface area contributed by atoms with Gasteiger partial charge in [-0.3, -0.25) is 0 Å². The topological polar surface area (TPSA) is 23.5 Å². The zero-order valence-electron chi connectivity index (χ0n) is 12.4. The monoisotopic (exact) mass is 339 g/mol. The number of hydrogen-bond acceptors (Lipinski definition) is 2. The van der Waals surface area contributed by atoms with Crippen molar-refractivity contribution in [2.24, 2.45) is 5.92 Å². The molecule has 1 N–H and O–H groups in total. The molecule has 0 amide bonds. The Balaban J connectivity index is 1.75. The minimum Gasteiger partial charge on any atom is -0.388 e. The molecule has 1 unspecified atom stereocenters. The van der Waals surface area contributed by atoms with Gasteiger partial charge in [-0.2, -0.15) is 0 Å². The van der Waals surface area contributed by atoms with Gasteiger partial charge in [0.2, 0.25) is 0 Å². The third kappa shape index (κ3) is 4.57. The van der Waals surface area contributed by atoms with Crippen LogP contribution in [0.1, 0.15) is 50.7 Å². The van der Waals surface area contributed by atoms with Crippen molar-refractivity contribution in [2.45, 2.75) is 45.1 Å². The van der Waals surface area contributed by atoms with Crippen LogP contribution in [-0.4, -0.2) is 29.6 Å². The Morgan fingerprint density at radius 1 is 1.30 bits per heavy atom. The van der Waals surface area contributed by atoms with E-state index in [1.807, 2.05) is 24.3 Å². The van der Waals surface area contributed by atoms with Gasteiger partial charge in [-0.15, -0.1) is 0 Å². The first-order valence-corrected chi connectivity index (χ1v) is 8.64. The van der Waals surface area contributed by atoms with Gasteiger partial charge >= 0.3 is 0 Å². The maximum Gasteiger partial charge on any atom is 0.0813 e. The van der Waals surface area contributed by atoms with Crippen LogP contribution in [0.3, 0.4) is 0 Å². The standard InChI is InChI=1S/C17H26BrNO/c1-2-5-14-8-11-19(12-9-14)13-10-17(20)15-6-3-4-7-16(15)18/h3-4,6-7,14,17,20H,2,5,8-13H2,1H3. The van der Waals surface area contributed by atoms with Crippen LogP contribution < -0.4 is 0 Å². The summed E-state index contributed by atoms with van der Waals surface area (Å²) in [6, 6.07) is 7.97. The molecule has 2 rings (SSSR count). The fourth-order valence-electron chi connectivity index (χ4n) is 3.11. The van der Waals surface area contributed by atoms with E-state index in [-0.39, 0.29) is 6.10 Å². The molecular formula is C17H26BrNO. The molecule has 3 heteroatoms. The largest absolute Gasteiger partial charge is 0.388 e. The molecule has 1 fully saturated rings. The Morgan fingerprint density at radius 3 is 2.65 bits per heavy atom. The van der Waals surface area contributed by atoms with Gasteiger partial charge in [0.15, 0.2) is 0 Å². The van der Waals surface area contributed by atoms with Crippen LogP contribution >= 0.6 is 15.9 Å². The van der Waals surface area contributed by atoms with Crippen molar-refractivity contribution in [3.63, 3.8) is 0 Å². The maximum absolute atomic E-state index is 10.3. The average molecular weight is 340 g/mol. The lowest BCUT2D eigenvalue weighted by molar-refractivity contribution is 0.121. The lowest BCUT2D eigenvalue weighted by Gasteiger charge is -2.32. The number of likely N-dealkylation sites (tertiary alicyclic amines) is 1. The minimum atomic E-state index is -0.362. The molecule has 1 atom stereocenters. The van der Waals surface area contributed by atoms with Gasteiger partial charge < -0.3 is 10.0 Å². The summed E-state index contributed by atoms with van der Waals surface area (Å²) in [6.45, 7) is 5.68. The van der Waals surface area contributed by atoms with Crippen molar-refractivity contribution in [1.82, 2.24) is 4.90 Å². The average Bonchev–Trinajstić information content (AvgIpc) is 2.47. The van der Waals surface area contributed by atoms with Gasteiger partial charge in [-0.1, -0.05) is 53.9 Å². The van der Waals surface area contributed by atoms with Crippen molar-refractivity contribution in [3.8, 4) is 0 Å². The molecule has 0 spiro atoms. The van der Waals surface area contributed by atoms with Crippen LogP contribution in [-0.2, 0) is 0 Å². The van der Waals surface area contributed by atoms with Crippen molar-refractivity contribution >= 4 is 15.9 Å². The Labute approximate surface area is 131 Å². The molecule has 20 heavy (non-hydrogen) atoms. The number of nitrogens with zero attached hydrogens (tertiary/aromatic N) is 1. The van der Waals surface area contributed by atoms with Crippen molar-refractivity contribution in [3.05, 3.63) is 34.3 Å². The predicted octanol–water partition coefficient (Wildman–Crippen LogP) is 4.38. The van der Waals surface area contributed by atoms with E-state index >= 15 is 0 Å². The Hall–Kier alpha value is -0.380. The first kappa shape index (κ1) is 16.0. The SMILES string of the molecule is CCCC1CCN(CCC(O)c2ccccc2Br)CC1. The molecule has 112 valence electrons. The molecule has 0 bridgehead atoms. The number of rotatable bonds is 6. The Kier molecular flexibility index (Phi) is 6.53. The Morgan fingerprint density at radius 2 is 2.00 bits per heavy atom. The molecule has 1 aromatic carbocycles. The van der Waals surface area contributed by atoms with Crippen LogP contribution in [0.25, 0.3) is 0 Å². The zero-order chi connectivity index (χ0) is 14.4. The normalized spacial score (nSPS) is 19.1. The number of benzene rings is 1. The maximum atomic E-state index is 10.3. The first-order valence-electron chi connectivity index (χ1n) is 7.85. The van der Waals surface area contributed by atoms with Gasteiger partial charge in [0.1, 0.15) is 0 Å². The highest BCUT2D eigenvalue weighted by Gasteiger charge is 2.19. The van der Waals surface area contributed by atoms with Gasteiger partial charge in [0.25, 0.3) is 0 Å². The summed E-state index contributed by atoms with van der Waals surface area (Å²) in [5.74, 6) is 0.935.